The second kappa shape index (κ2) is 27.1. The molecule has 98 heavy (non-hydrogen) atoms. The number of aromatic hydroxyl groups is 1. The summed E-state index contributed by atoms with van der Waals surface area (Å²) in [6, 6.07) is 43.0. The average molecular weight is 1330 g/mol. The molecule has 5 aromatic carbocycles. The minimum absolute atomic E-state index is 0.0225. The maximum Gasteiger partial charge on any atom is 0.407 e. The number of aromatic nitrogens is 1. The number of allylic oxidation sites excluding steroid dienone is 2. The van der Waals surface area contributed by atoms with Gasteiger partial charge in [0.05, 0.1) is 42.4 Å². The fraction of sp³-hybridized carbons (Fsp3) is 0.308. The molecule has 8 heterocycles. The standard InChI is InChI=1S/C78H76N8O11S/c1-43(2)71(82-77(92)94-5)74(90)84-32-10-15-62(84)59-35-50(41-80-59)47-22-28-61-49(34-47)37-64-56-25-21-48(51-36-60(81-42-51)63-16-11-33-85(63)75(91)72(44(3)4)83-78(93)95-6)38-65(56)97-76(86(61)64)69-30-29-68(98-69)46-19-17-45(18-20-46)12-9-31-79-73(89)55-14-8-7-13-54(55)70-57-26-23-52(87)39-66(57)96-67-40-53(88)24-27-58(67)70/h7-8,13-14,17-30,34,37-44,62-63,71-72,76,87H,9-12,15-16,31-33,35-36H2,1-6H3,(H,79,89)(H,82,92)(H,83,93)/t62-,63-,71-,72-,76?/m0/s1. The number of nitrogens with zero attached hydrogens (tertiary/aromatic N) is 5. The zero-order valence-electron chi connectivity index (χ0n) is 55.4. The Balaban J connectivity index is 0.698. The Morgan fingerprint density at radius 1 is 0.673 bits per heavy atom. The molecule has 2 saturated heterocycles. The van der Waals surface area contributed by atoms with Crippen molar-refractivity contribution in [2.75, 3.05) is 33.9 Å². The van der Waals surface area contributed by atoms with Crippen molar-refractivity contribution in [3.05, 3.63) is 189 Å². The lowest BCUT2D eigenvalue weighted by atomic mass is 9.90. The van der Waals surface area contributed by atoms with Crippen LogP contribution in [0.5, 0.6) is 11.5 Å². The number of methoxy groups -OCH3 is 2. The van der Waals surface area contributed by atoms with Gasteiger partial charge in [-0.05, 0) is 162 Å². The summed E-state index contributed by atoms with van der Waals surface area (Å²) >= 11 is 1.68. The number of hydrogen-bond acceptors (Lipinski definition) is 14. The number of phenolic OH excluding ortho intramolecular Hbond substituents is 1. The number of carbonyl (C=O) groups is 5. The van der Waals surface area contributed by atoms with Crippen molar-refractivity contribution in [2.24, 2.45) is 21.8 Å². The predicted molar refractivity (Wildman–Crippen MR) is 381 cm³/mol. The largest absolute Gasteiger partial charge is 0.508 e. The number of phenols is 1. The molecule has 5 amide bonds. The number of thiophene rings is 1. The molecule has 5 atom stereocenters. The number of carbonyl (C=O) groups excluding carboxylic acids is 5. The van der Waals surface area contributed by atoms with E-state index in [4.69, 9.17) is 28.6 Å². The first-order valence-corrected chi connectivity index (χ1v) is 34.4. The van der Waals surface area contributed by atoms with Gasteiger partial charge in [0.25, 0.3) is 5.91 Å². The van der Waals surface area contributed by atoms with Gasteiger partial charge in [-0.2, -0.15) is 0 Å². The van der Waals surface area contributed by atoms with Crippen molar-refractivity contribution in [3.8, 4) is 55.6 Å². The second-order valence-corrected chi connectivity index (χ2v) is 27.6. The predicted octanol–water partition coefficient (Wildman–Crippen LogP) is 14.0. The Labute approximate surface area is 570 Å². The molecule has 0 spiro atoms. The number of alkyl carbamates (subject to hydrolysis) is 2. The molecule has 19 nitrogen and oxygen atoms in total. The van der Waals surface area contributed by atoms with Gasteiger partial charge in [0, 0.05) is 106 Å². The number of rotatable bonds is 18. The van der Waals surface area contributed by atoms with E-state index in [1.165, 1.54) is 32.4 Å². The fourth-order valence-corrected chi connectivity index (χ4v) is 15.6. The quantitative estimate of drug-likeness (QED) is 0.0466. The highest BCUT2D eigenvalue weighted by Crippen LogP contribution is 2.49. The Morgan fingerprint density at radius 2 is 1.31 bits per heavy atom. The van der Waals surface area contributed by atoms with Gasteiger partial charge in [-0.15, -0.1) is 11.3 Å². The molecule has 2 aromatic heterocycles. The van der Waals surface area contributed by atoms with Gasteiger partial charge in [-0.25, -0.2) is 9.59 Å². The molecule has 1 aliphatic carbocycles. The molecule has 0 bridgehead atoms. The number of amides is 5. The number of aryl methyl sites for hydroxylation is 1. The molecule has 4 N–H and O–H groups in total. The van der Waals surface area contributed by atoms with Crippen LogP contribution in [0.25, 0.3) is 77.2 Å². The van der Waals surface area contributed by atoms with E-state index < -0.39 is 30.5 Å². The Morgan fingerprint density at radius 3 is 1.97 bits per heavy atom. The Hall–Kier alpha value is -10.6. The molecule has 20 heteroatoms. The van der Waals surface area contributed by atoms with Crippen LogP contribution in [0.4, 0.5) is 9.59 Å². The smallest absolute Gasteiger partial charge is 0.407 e. The molecular formula is C78H76N8O11S. The van der Waals surface area contributed by atoms with E-state index in [1.807, 2.05) is 68.1 Å². The van der Waals surface area contributed by atoms with Crippen molar-refractivity contribution in [3.63, 3.8) is 0 Å². The maximum atomic E-state index is 14.1. The lowest BCUT2D eigenvalue weighted by molar-refractivity contribution is -0.134. The molecule has 2 fully saturated rings. The average Bonchev–Trinajstić information content (AvgIpc) is 1.23. The van der Waals surface area contributed by atoms with E-state index in [0.717, 1.165) is 120 Å². The van der Waals surface area contributed by atoms with E-state index >= 15 is 0 Å². The summed E-state index contributed by atoms with van der Waals surface area (Å²) in [4.78, 5) is 94.9. The van der Waals surface area contributed by atoms with Crippen LogP contribution in [0, 0.1) is 11.8 Å². The van der Waals surface area contributed by atoms with Crippen LogP contribution in [0.1, 0.15) is 111 Å². The van der Waals surface area contributed by atoms with Gasteiger partial charge in [-0.3, -0.25) is 33.7 Å². The molecule has 0 radical (unpaired) electrons. The summed E-state index contributed by atoms with van der Waals surface area (Å²) in [6.07, 6.45) is 7.82. The minimum atomic E-state index is -0.732. The summed E-state index contributed by atoms with van der Waals surface area (Å²) in [5.41, 5.74) is 13.8. The second-order valence-electron chi connectivity index (χ2n) is 26.5. The number of nitrogens with one attached hydrogen (secondary N) is 3. The Kier molecular flexibility index (Phi) is 17.9. The van der Waals surface area contributed by atoms with Crippen molar-refractivity contribution in [2.45, 2.75) is 109 Å². The van der Waals surface area contributed by atoms with E-state index in [9.17, 15) is 33.9 Å². The highest BCUT2D eigenvalue weighted by molar-refractivity contribution is 7.15. The normalized spacial score (nSPS) is 17.9. The summed E-state index contributed by atoms with van der Waals surface area (Å²) in [5.74, 6) is 0.315. The summed E-state index contributed by atoms with van der Waals surface area (Å²) in [7, 11) is 2.59. The molecule has 14 rings (SSSR count). The van der Waals surface area contributed by atoms with Crippen LogP contribution in [0.2, 0.25) is 0 Å². The fourth-order valence-electron chi connectivity index (χ4n) is 14.6. The van der Waals surface area contributed by atoms with Crippen molar-refractivity contribution in [1.29, 1.82) is 0 Å². The number of likely N-dealkylation sites (tertiary alicyclic amines) is 2. The number of fused-ring (bicyclic) bond motifs is 7. The molecule has 0 saturated carbocycles. The van der Waals surface area contributed by atoms with Gasteiger partial charge >= 0.3 is 12.2 Å². The van der Waals surface area contributed by atoms with Gasteiger partial charge in [0.1, 0.15) is 34.9 Å². The lowest BCUT2D eigenvalue weighted by Gasteiger charge is -2.31. The summed E-state index contributed by atoms with van der Waals surface area (Å²) < 4.78 is 25.4. The number of ether oxygens (including phenoxy) is 3. The first-order chi connectivity index (χ1) is 47.5. The summed E-state index contributed by atoms with van der Waals surface area (Å²) in [6.45, 7) is 9.25. The molecule has 500 valence electrons. The highest BCUT2D eigenvalue weighted by Gasteiger charge is 2.41. The number of benzene rings is 6. The first-order valence-electron chi connectivity index (χ1n) is 33.5. The van der Waals surface area contributed by atoms with Crippen LogP contribution in [0.3, 0.4) is 0 Å². The topological polar surface area (TPSA) is 236 Å². The third kappa shape index (κ3) is 12.5. The van der Waals surface area contributed by atoms with Gasteiger partial charge in [0.15, 0.2) is 5.43 Å². The van der Waals surface area contributed by atoms with E-state index in [2.05, 4.69) is 99.4 Å². The van der Waals surface area contributed by atoms with Crippen molar-refractivity contribution in [1.82, 2.24) is 30.3 Å². The molecule has 7 aliphatic rings. The lowest BCUT2D eigenvalue weighted by Crippen LogP contribution is -2.53. The van der Waals surface area contributed by atoms with E-state index in [1.54, 1.807) is 35.6 Å². The van der Waals surface area contributed by atoms with Crippen LogP contribution in [-0.4, -0.2) is 119 Å². The molecule has 6 aliphatic heterocycles. The van der Waals surface area contributed by atoms with Crippen LogP contribution >= 0.6 is 11.3 Å². The van der Waals surface area contributed by atoms with E-state index in [-0.39, 0.29) is 52.8 Å². The third-order valence-corrected chi connectivity index (χ3v) is 20.8. The van der Waals surface area contributed by atoms with E-state index in [0.29, 0.717) is 72.3 Å². The Bertz CT molecular complexity index is 4820. The van der Waals surface area contributed by atoms with Crippen LogP contribution in [-0.2, 0) is 25.5 Å². The highest BCUT2D eigenvalue weighted by atomic mass is 32.1. The molecule has 1 unspecified atom stereocenters. The zero-order chi connectivity index (χ0) is 68.0. The van der Waals surface area contributed by atoms with Gasteiger partial charge in [0.2, 0.25) is 18.0 Å². The number of aliphatic imine (C=N–C) groups is 2. The first kappa shape index (κ1) is 64.7. The van der Waals surface area contributed by atoms with Crippen LogP contribution < -0.4 is 26.1 Å². The monoisotopic (exact) mass is 1330 g/mol. The molecule has 7 aromatic rings. The summed E-state index contributed by atoms with van der Waals surface area (Å²) in [5, 5.41) is 20.7. The third-order valence-electron chi connectivity index (χ3n) is 19.6. The van der Waals surface area contributed by atoms with Gasteiger partial charge < -0.3 is 49.5 Å². The zero-order valence-corrected chi connectivity index (χ0v) is 56.2. The van der Waals surface area contributed by atoms with Crippen molar-refractivity contribution >= 4 is 85.7 Å². The minimum Gasteiger partial charge on any atom is -0.508 e. The SMILES string of the molecule is COC(=O)N[C@H](C(=O)N1CCC[C@H]1C1=NC=C(c2ccc3c(c2)OC(c2ccc(-c4ccc(CCCNC(=O)c5ccccc5-c5c6ccc(=O)cc-6oc6cc(O)ccc56)cc4)s2)n2c-3cc3cc(C4=CN=C([C@@H]5CCCN5C(=O)[C@@H](NC(=O)OC)C(C)C)C4)ccc32)C1)C(C)C. The molecular weight excluding hydrogens is 1260 g/mol. The maximum absolute atomic E-state index is 14.1. The number of hydrogen-bond donors (Lipinski definition) is 4. The van der Waals surface area contributed by atoms with Gasteiger partial charge in [-0.1, -0.05) is 82.3 Å². The van der Waals surface area contributed by atoms with Crippen molar-refractivity contribution < 1.29 is 47.7 Å². The van der Waals surface area contributed by atoms with Crippen LogP contribution in [0.15, 0.2) is 171 Å².